The second kappa shape index (κ2) is 10.2. The quantitative estimate of drug-likeness (QED) is 0.678. The van der Waals surface area contributed by atoms with Gasteiger partial charge in [-0.1, -0.05) is 6.07 Å². The lowest BCUT2D eigenvalue weighted by atomic mass is 10.0. The van der Waals surface area contributed by atoms with Crippen LogP contribution in [0.3, 0.4) is 0 Å². The van der Waals surface area contributed by atoms with E-state index in [2.05, 4.69) is 0 Å². The van der Waals surface area contributed by atoms with Crippen molar-refractivity contribution in [1.29, 1.82) is 0 Å². The van der Waals surface area contributed by atoms with Crippen LogP contribution < -0.4 is 0 Å². The largest absolute Gasteiger partial charge is 0.466 e. The molecule has 26 heavy (non-hydrogen) atoms. The molecule has 0 bridgehead atoms. The van der Waals surface area contributed by atoms with E-state index < -0.39 is 0 Å². The molecule has 1 aliphatic heterocycles. The van der Waals surface area contributed by atoms with Crippen molar-refractivity contribution in [2.75, 3.05) is 32.8 Å². The molecule has 144 valence electrons. The molecule has 2 rings (SSSR count). The first-order valence-corrected chi connectivity index (χ1v) is 9.86. The van der Waals surface area contributed by atoms with Crippen LogP contribution in [0.15, 0.2) is 17.5 Å². The lowest BCUT2D eigenvalue weighted by Crippen LogP contribution is -2.49. The molecule has 0 N–H and O–H groups in total. The number of ether oxygens (including phenoxy) is 2. The zero-order chi connectivity index (χ0) is 18.9. The summed E-state index contributed by atoms with van der Waals surface area (Å²) in [4.78, 5) is 40.5. The van der Waals surface area contributed by atoms with Gasteiger partial charge in [0.25, 0.3) is 5.91 Å². The first-order chi connectivity index (χ1) is 12.6. The summed E-state index contributed by atoms with van der Waals surface area (Å²) in [5, 5.41) is 1.86. The summed E-state index contributed by atoms with van der Waals surface area (Å²) in [6.07, 6.45) is 1.19. The molecule has 1 fully saturated rings. The van der Waals surface area contributed by atoms with Crippen molar-refractivity contribution in [3.63, 3.8) is 0 Å². The molecule has 0 saturated carbocycles. The van der Waals surface area contributed by atoms with E-state index in [1.54, 1.807) is 29.7 Å². The Kier molecular flexibility index (Phi) is 7.90. The maximum Gasteiger partial charge on any atom is 0.409 e. The second-order valence-corrected chi connectivity index (χ2v) is 6.90. The summed E-state index contributed by atoms with van der Waals surface area (Å²) in [6, 6.07) is 3.62. The molecule has 0 spiro atoms. The van der Waals surface area contributed by atoms with Crippen LogP contribution in [0.2, 0.25) is 0 Å². The Morgan fingerprint density at radius 1 is 1.19 bits per heavy atom. The van der Waals surface area contributed by atoms with Crippen LogP contribution in [0.5, 0.6) is 0 Å². The van der Waals surface area contributed by atoms with Gasteiger partial charge in [-0.3, -0.25) is 9.59 Å². The minimum Gasteiger partial charge on any atom is -0.466 e. The topological polar surface area (TPSA) is 76.2 Å². The highest BCUT2D eigenvalue weighted by molar-refractivity contribution is 7.12. The summed E-state index contributed by atoms with van der Waals surface area (Å²) < 4.78 is 10.0. The van der Waals surface area contributed by atoms with Gasteiger partial charge in [0, 0.05) is 25.7 Å². The molecule has 2 amide bonds. The fraction of sp³-hybridized carbons (Fsp3) is 0.611. The third-order valence-electron chi connectivity index (χ3n) is 4.29. The molecule has 1 saturated heterocycles. The highest BCUT2D eigenvalue weighted by atomic mass is 32.1. The molecule has 0 aliphatic carbocycles. The number of hydrogen-bond donors (Lipinski definition) is 0. The third-order valence-corrected chi connectivity index (χ3v) is 5.14. The van der Waals surface area contributed by atoms with Gasteiger partial charge in [-0.15, -0.1) is 11.3 Å². The third kappa shape index (κ3) is 5.45. The first kappa shape index (κ1) is 20.2. The Morgan fingerprint density at radius 2 is 1.88 bits per heavy atom. The van der Waals surface area contributed by atoms with Crippen LogP contribution in [0.1, 0.15) is 42.8 Å². The smallest absolute Gasteiger partial charge is 0.409 e. The van der Waals surface area contributed by atoms with Gasteiger partial charge in [-0.05, 0) is 38.1 Å². The maximum absolute atomic E-state index is 12.9. The number of rotatable bonds is 7. The predicted molar refractivity (Wildman–Crippen MR) is 98.2 cm³/mol. The van der Waals surface area contributed by atoms with E-state index in [1.807, 2.05) is 11.4 Å². The Hall–Kier alpha value is -2.09. The summed E-state index contributed by atoms with van der Waals surface area (Å²) in [6.45, 7) is 5.61. The van der Waals surface area contributed by atoms with Gasteiger partial charge in [-0.25, -0.2) is 4.79 Å². The van der Waals surface area contributed by atoms with Crippen molar-refractivity contribution < 1.29 is 23.9 Å². The van der Waals surface area contributed by atoms with Crippen LogP contribution in [-0.2, 0) is 14.3 Å². The molecular formula is C18H26N2O5S. The van der Waals surface area contributed by atoms with Gasteiger partial charge < -0.3 is 19.3 Å². The van der Waals surface area contributed by atoms with E-state index >= 15 is 0 Å². The van der Waals surface area contributed by atoms with Crippen LogP contribution >= 0.6 is 11.3 Å². The molecule has 0 unspecified atom stereocenters. The molecule has 1 aliphatic rings. The van der Waals surface area contributed by atoms with Crippen LogP contribution in [0.4, 0.5) is 4.79 Å². The van der Waals surface area contributed by atoms with Crippen molar-refractivity contribution >= 4 is 29.3 Å². The van der Waals surface area contributed by atoms with Crippen molar-refractivity contribution in [2.24, 2.45) is 0 Å². The van der Waals surface area contributed by atoms with E-state index in [4.69, 9.17) is 9.47 Å². The molecule has 0 radical (unpaired) electrons. The maximum atomic E-state index is 12.9. The zero-order valence-electron chi connectivity index (χ0n) is 15.3. The van der Waals surface area contributed by atoms with Crippen LogP contribution in [-0.4, -0.2) is 66.7 Å². The lowest BCUT2D eigenvalue weighted by Gasteiger charge is -2.38. The van der Waals surface area contributed by atoms with Crippen LogP contribution in [0, 0.1) is 0 Å². The second-order valence-electron chi connectivity index (χ2n) is 5.95. The summed E-state index contributed by atoms with van der Waals surface area (Å²) in [5.74, 6) is -0.376. The van der Waals surface area contributed by atoms with Crippen molar-refractivity contribution in [3.8, 4) is 0 Å². The van der Waals surface area contributed by atoms with Gasteiger partial charge in [0.1, 0.15) is 0 Å². The number of piperidine rings is 1. The van der Waals surface area contributed by atoms with Crippen LogP contribution in [0.25, 0.3) is 0 Å². The molecule has 0 aromatic carbocycles. The van der Waals surface area contributed by atoms with Crippen molar-refractivity contribution in [1.82, 2.24) is 9.80 Å². The minimum atomic E-state index is -0.311. The number of carbonyl (C=O) groups excluding carboxylic acids is 3. The first-order valence-electron chi connectivity index (χ1n) is 8.98. The van der Waals surface area contributed by atoms with Crippen molar-refractivity contribution in [3.05, 3.63) is 22.4 Å². The average Bonchev–Trinajstić information content (AvgIpc) is 3.17. The zero-order valence-corrected chi connectivity index (χ0v) is 16.1. The SMILES string of the molecule is CCOC(=O)CCN(C(=O)c1cccs1)C1CCN(C(=O)OCC)CC1. The van der Waals surface area contributed by atoms with Gasteiger partial charge in [-0.2, -0.15) is 0 Å². The Balaban J connectivity index is 2.01. The van der Waals surface area contributed by atoms with E-state index in [0.29, 0.717) is 50.6 Å². The van der Waals surface area contributed by atoms with E-state index in [1.165, 1.54) is 11.3 Å². The number of thiophene rings is 1. The number of likely N-dealkylation sites (tertiary alicyclic amines) is 1. The molecule has 7 nitrogen and oxygen atoms in total. The minimum absolute atomic E-state index is 0.00953. The van der Waals surface area contributed by atoms with Gasteiger partial charge in [0.2, 0.25) is 0 Å². The molecule has 1 aromatic rings. The summed E-state index contributed by atoms with van der Waals surface area (Å²) >= 11 is 1.39. The monoisotopic (exact) mass is 382 g/mol. The fourth-order valence-electron chi connectivity index (χ4n) is 3.01. The highest BCUT2D eigenvalue weighted by Gasteiger charge is 2.31. The lowest BCUT2D eigenvalue weighted by molar-refractivity contribution is -0.143. The Morgan fingerprint density at radius 3 is 2.46 bits per heavy atom. The average molecular weight is 382 g/mol. The molecule has 2 heterocycles. The molecule has 0 atom stereocenters. The Labute approximate surface area is 157 Å². The molecule has 1 aromatic heterocycles. The van der Waals surface area contributed by atoms with Gasteiger partial charge in [0.15, 0.2) is 0 Å². The number of nitrogens with zero attached hydrogens (tertiary/aromatic N) is 2. The molecule has 8 heteroatoms. The number of carbonyl (C=O) groups is 3. The highest BCUT2D eigenvalue weighted by Crippen LogP contribution is 2.22. The van der Waals surface area contributed by atoms with E-state index in [9.17, 15) is 14.4 Å². The van der Waals surface area contributed by atoms with Gasteiger partial charge >= 0.3 is 12.1 Å². The standard InChI is InChI=1S/C18H26N2O5S/c1-3-24-16(21)9-12-20(17(22)15-6-5-13-26-15)14-7-10-19(11-8-14)18(23)25-4-2/h5-6,13-14H,3-4,7-12H2,1-2H3. The predicted octanol–water partition coefficient (Wildman–Crippen LogP) is 2.76. The summed E-state index contributed by atoms with van der Waals surface area (Å²) in [5.41, 5.74) is 0. The fourth-order valence-corrected chi connectivity index (χ4v) is 3.69. The number of amides is 2. The number of esters is 1. The van der Waals surface area contributed by atoms with E-state index in [-0.39, 0.29) is 30.4 Å². The van der Waals surface area contributed by atoms with Crippen molar-refractivity contribution in [2.45, 2.75) is 39.2 Å². The normalized spacial score (nSPS) is 14.8. The van der Waals surface area contributed by atoms with Gasteiger partial charge in [0.05, 0.1) is 24.5 Å². The molecular weight excluding hydrogens is 356 g/mol. The number of hydrogen-bond acceptors (Lipinski definition) is 6. The summed E-state index contributed by atoms with van der Waals surface area (Å²) in [7, 11) is 0. The Bertz CT molecular complexity index is 597. The van der Waals surface area contributed by atoms with E-state index in [0.717, 1.165) is 0 Å².